The van der Waals surface area contributed by atoms with E-state index in [0.29, 0.717) is 31.6 Å². The van der Waals surface area contributed by atoms with Crippen LogP contribution in [0.2, 0.25) is 0 Å². The molecule has 96 heavy (non-hydrogen) atoms. The third-order valence-corrected chi connectivity index (χ3v) is 20.1. The molecule has 3 N–H and O–H groups in total. The van der Waals surface area contributed by atoms with Crippen molar-refractivity contribution in [3.63, 3.8) is 0 Å². The van der Waals surface area contributed by atoms with Crippen LogP contribution in [0.1, 0.15) is 389 Å². The van der Waals surface area contributed by atoms with Crippen molar-refractivity contribution in [3.05, 3.63) is 0 Å². The summed E-state index contributed by atoms with van der Waals surface area (Å²) < 4.78 is 68.5. The number of esters is 4. The third-order valence-electron chi connectivity index (χ3n) is 18.2. The molecule has 19 heteroatoms. The average molecular weight is 1410 g/mol. The predicted molar refractivity (Wildman–Crippen MR) is 391 cm³/mol. The van der Waals surface area contributed by atoms with Gasteiger partial charge in [-0.3, -0.25) is 37.3 Å². The standard InChI is InChI=1S/C77H150O17P2/c1-9-70(8)56-48-40-31-25-19-12-10-11-13-21-27-33-43-51-59-76(81)94-73(64-88-75(80)58-50-42-36-35-39-47-55-69(6)7)66-92-96(85,86)90-62-71(78)61-89-95(83,84)91-65-72(93-77(82)60-52-44-34-28-22-16-18-24-30-38-46-54-68(4)5)63-87-74(79)57-49-41-32-26-20-15-14-17-23-29-37-45-53-67(2)3/h67-73,78H,9-66H2,1-8H3,(H,83,84)(H,85,86)/t70?,71-,72-,73-/m1/s1. The van der Waals surface area contributed by atoms with Crippen LogP contribution < -0.4 is 0 Å². The molecular formula is C77H150O17P2. The molecule has 0 bridgehead atoms. The molecule has 0 spiro atoms. The van der Waals surface area contributed by atoms with Gasteiger partial charge in [-0.2, -0.15) is 0 Å². The Morgan fingerprint density at radius 2 is 0.500 bits per heavy atom. The Kier molecular flexibility index (Phi) is 65.0. The zero-order chi connectivity index (χ0) is 71.0. The van der Waals surface area contributed by atoms with Gasteiger partial charge in [0.1, 0.15) is 19.3 Å². The molecule has 0 aliphatic heterocycles. The Bertz CT molecular complexity index is 1890. The lowest BCUT2D eigenvalue weighted by atomic mass is 9.99. The van der Waals surface area contributed by atoms with Crippen LogP contribution in [0.15, 0.2) is 0 Å². The van der Waals surface area contributed by atoms with Gasteiger partial charge in [0, 0.05) is 25.7 Å². The minimum Gasteiger partial charge on any atom is -0.462 e. The summed E-state index contributed by atoms with van der Waals surface area (Å²) in [6.07, 6.45) is 51.4. The van der Waals surface area contributed by atoms with Crippen LogP contribution in [0, 0.1) is 23.7 Å². The molecule has 6 atom stereocenters. The summed E-state index contributed by atoms with van der Waals surface area (Å²) in [6, 6.07) is 0. The second kappa shape index (κ2) is 66.3. The first kappa shape index (κ1) is 94.1. The SMILES string of the molecule is CCC(C)CCCCCCCCCCCCCCCCC(=O)O[C@H](COC(=O)CCCCCCCCC(C)C)COP(=O)(O)OC[C@H](O)COP(=O)(O)OC[C@@H](COC(=O)CCCCCCCCCCCCCCC(C)C)OC(=O)CCCCCCCCCCCCCC(C)C. The summed E-state index contributed by atoms with van der Waals surface area (Å²) >= 11 is 0. The Morgan fingerprint density at radius 1 is 0.292 bits per heavy atom. The Labute approximate surface area is 588 Å². The summed E-state index contributed by atoms with van der Waals surface area (Å²) in [4.78, 5) is 72.8. The van der Waals surface area contributed by atoms with Crippen molar-refractivity contribution < 1.29 is 80.2 Å². The predicted octanol–water partition coefficient (Wildman–Crippen LogP) is 22.4. The van der Waals surface area contributed by atoms with Gasteiger partial charge < -0.3 is 33.8 Å². The Morgan fingerprint density at radius 3 is 0.740 bits per heavy atom. The van der Waals surface area contributed by atoms with E-state index < -0.39 is 97.5 Å². The molecule has 0 heterocycles. The maximum atomic E-state index is 13.1. The van der Waals surface area contributed by atoms with E-state index in [4.69, 9.17) is 37.0 Å². The van der Waals surface area contributed by atoms with Crippen molar-refractivity contribution in [1.82, 2.24) is 0 Å². The Hall–Kier alpha value is -1.94. The number of carbonyl (C=O) groups is 4. The monoisotopic (exact) mass is 1410 g/mol. The van der Waals surface area contributed by atoms with Gasteiger partial charge in [-0.1, -0.05) is 338 Å². The van der Waals surface area contributed by atoms with Crippen molar-refractivity contribution in [2.75, 3.05) is 39.6 Å². The van der Waals surface area contributed by atoms with Gasteiger partial charge >= 0.3 is 39.5 Å². The highest BCUT2D eigenvalue weighted by molar-refractivity contribution is 7.47. The van der Waals surface area contributed by atoms with E-state index in [0.717, 1.165) is 114 Å². The van der Waals surface area contributed by atoms with Gasteiger partial charge in [0.25, 0.3) is 0 Å². The smallest absolute Gasteiger partial charge is 0.462 e. The summed E-state index contributed by atoms with van der Waals surface area (Å²) in [5, 5.41) is 10.6. The van der Waals surface area contributed by atoms with Crippen LogP contribution in [0.5, 0.6) is 0 Å². The maximum Gasteiger partial charge on any atom is 0.472 e. The fourth-order valence-electron chi connectivity index (χ4n) is 11.7. The Balaban J connectivity index is 5.23. The van der Waals surface area contributed by atoms with E-state index in [2.05, 4.69) is 55.4 Å². The number of unbranched alkanes of at least 4 members (excludes halogenated alkanes) is 39. The first-order chi connectivity index (χ1) is 46.1. The van der Waals surface area contributed by atoms with Crippen molar-refractivity contribution >= 4 is 39.5 Å². The van der Waals surface area contributed by atoms with E-state index in [-0.39, 0.29) is 25.7 Å². The molecule has 0 fully saturated rings. The summed E-state index contributed by atoms with van der Waals surface area (Å²) in [6.45, 7) is 14.2. The van der Waals surface area contributed by atoms with Crippen LogP contribution in [0.3, 0.4) is 0 Å². The molecule has 0 aliphatic rings. The van der Waals surface area contributed by atoms with Crippen LogP contribution in [0.4, 0.5) is 0 Å². The zero-order valence-electron chi connectivity index (χ0n) is 63.0. The lowest BCUT2D eigenvalue weighted by Crippen LogP contribution is -2.30. The molecule has 3 unspecified atom stereocenters. The average Bonchev–Trinajstić information content (AvgIpc) is 1.26. The fourth-order valence-corrected chi connectivity index (χ4v) is 13.3. The number of hydrogen-bond donors (Lipinski definition) is 3. The molecule has 0 radical (unpaired) electrons. The highest BCUT2D eigenvalue weighted by Crippen LogP contribution is 2.45. The van der Waals surface area contributed by atoms with Crippen molar-refractivity contribution in [1.29, 1.82) is 0 Å². The molecular weight excluding hydrogens is 1260 g/mol. The van der Waals surface area contributed by atoms with Gasteiger partial charge in [-0.25, -0.2) is 9.13 Å². The second-order valence-corrected chi connectivity index (χ2v) is 32.3. The molecule has 0 rings (SSSR count). The van der Waals surface area contributed by atoms with Gasteiger partial charge in [0.15, 0.2) is 12.2 Å². The summed E-state index contributed by atoms with van der Waals surface area (Å²) in [7, 11) is -9.91. The number of hydrogen-bond acceptors (Lipinski definition) is 15. The lowest BCUT2D eigenvalue weighted by Gasteiger charge is -2.21. The van der Waals surface area contributed by atoms with E-state index in [9.17, 15) is 43.2 Å². The maximum absolute atomic E-state index is 13.1. The molecule has 0 aliphatic carbocycles. The largest absolute Gasteiger partial charge is 0.472 e. The number of aliphatic hydroxyl groups is 1. The number of phosphoric ester groups is 2. The van der Waals surface area contributed by atoms with E-state index in [1.54, 1.807) is 0 Å². The van der Waals surface area contributed by atoms with Crippen LogP contribution in [0.25, 0.3) is 0 Å². The van der Waals surface area contributed by atoms with Gasteiger partial charge in [0.2, 0.25) is 0 Å². The number of rotatable bonds is 74. The van der Waals surface area contributed by atoms with Crippen LogP contribution in [-0.4, -0.2) is 96.7 Å². The minimum absolute atomic E-state index is 0.106. The summed E-state index contributed by atoms with van der Waals surface area (Å²) in [5.41, 5.74) is 0. The molecule has 570 valence electrons. The van der Waals surface area contributed by atoms with Crippen LogP contribution in [-0.2, 0) is 65.4 Å². The normalized spacial score (nSPS) is 14.4. The molecule has 0 amide bonds. The number of ether oxygens (including phenoxy) is 4. The lowest BCUT2D eigenvalue weighted by molar-refractivity contribution is -0.161. The fraction of sp³-hybridized carbons (Fsp3) is 0.948. The quantitative estimate of drug-likeness (QED) is 0.0222. The topological polar surface area (TPSA) is 237 Å². The molecule has 0 saturated heterocycles. The minimum atomic E-state index is -4.96. The first-order valence-corrected chi connectivity index (χ1v) is 42.7. The van der Waals surface area contributed by atoms with E-state index >= 15 is 0 Å². The number of carbonyl (C=O) groups excluding carboxylic acids is 4. The molecule has 17 nitrogen and oxygen atoms in total. The second-order valence-electron chi connectivity index (χ2n) is 29.4. The first-order valence-electron chi connectivity index (χ1n) is 39.7. The molecule has 0 aromatic heterocycles. The number of phosphoric acid groups is 2. The van der Waals surface area contributed by atoms with Crippen LogP contribution >= 0.6 is 15.6 Å². The molecule has 0 saturated carbocycles. The third kappa shape index (κ3) is 69.2. The van der Waals surface area contributed by atoms with E-state index in [1.807, 2.05) is 0 Å². The highest BCUT2D eigenvalue weighted by atomic mass is 31.2. The molecule has 0 aromatic carbocycles. The number of aliphatic hydroxyl groups excluding tert-OH is 1. The highest BCUT2D eigenvalue weighted by Gasteiger charge is 2.30. The van der Waals surface area contributed by atoms with Crippen molar-refractivity contribution in [2.24, 2.45) is 23.7 Å². The van der Waals surface area contributed by atoms with Gasteiger partial charge in [-0.15, -0.1) is 0 Å². The van der Waals surface area contributed by atoms with Gasteiger partial charge in [-0.05, 0) is 49.4 Å². The van der Waals surface area contributed by atoms with E-state index in [1.165, 1.54) is 186 Å². The summed E-state index contributed by atoms with van der Waals surface area (Å²) in [5.74, 6) is 0.952. The zero-order valence-corrected chi connectivity index (χ0v) is 64.8. The van der Waals surface area contributed by atoms with Crippen molar-refractivity contribution in [3.8, 4) is 0 Å². The molecule has 0 aromatic rings. The van der Waals surface area contributed by atoms with Gasteiger partial charge in [0.05, 0.1) is 26.4 Å². The van der Waals surface area contributed by atoms with Crippen molar-refractivity contribution in [2.45, 2.75) is 408 Å².